The van der Waals surface area contributed by atoms with Gasteiger partial charge in [0.25, 0.3) is 0 Å². The van der Waals surface area contributed by atoms with E-state index in [0.717, 1.165) is 17.7 Å². The quantitative estimate of drug-likeness (QED) is 0.834. The molecule has 0 bridgehead atoms. The SMILES string of the molecule is Cc1c(N)nsc1N1CCC2CCCCC2C1. The van der Waals surface area contributed by atoms with Crippen molar-refractivity contribution in [2.24, 2.45) is 11.8 Å². The molecule has 3 nitrogen and oxygen atoms in total. The highest BCUT2D eigenvalue weighted by Crippen LogP contribution is 2.39. The van der Waals surface area contributed by atoms with Crippen LogP contribution in [-0.2, 0) is 0 Å². The van der Waals surface area contributed by atoms with Crippen LogP contribution < -0.4 is 10.6 Å². The molecule has 2 N–H and O–H groups in total. The maximum absolute atomic E-state index is 5.85. The largest absolute Gasteiger partial charge is 0.383 e. The molecule has 2 heterocycles. The van der Waals surface area contributed by atoms with Gasteiger partial charge in [-0.05, 0) is 43.1 Å². The molecule has 1 saturated carbocycles. The van der Waals surface area contributed by atoms with Gasteiger partial charge in [-0.25, -0.2) is 0 Å². The van der Waals surface area contributed by atoms with E-state index in [1.165, 1.54) is 55.8 Å². The number of fused-ring (bicyclic) bond motifs is 1. The lowest BCUT2D eigenvalue weighted by Gasteiger charge is -2.41. The van der Waals surface area contributed by atoms with Crippen molar-refractivity contribution in [1.82, 2.24) is 4.37 Å². The van der Waals surface area contributed by atoms with Crippen LogP contribution >= 0.6 is 11.5 Å². The predicted molar refractivity (Wildman–Crippen MR) is 73.5 cm³/mol. The summed E-state index contributed by atoms with van der Waals surface area (Å²) in [6.07, 6.45) is 7.13. The first-order valence-corrected chi connectivity index (χ1v) is 7.49. The molecule has 0 aromatic carbocycles. The lowest BCUT2D eigenvalue weighted by atomic mass is 9.75. The molecular weight excluding hydrogens is 230 g/mol. The molecule has 1 saturated heterocycles. The number of nitrogen functional groups attached to an aromatic ring is 1. The lowest BCUT2D eigenvalue weighted by Crippen LogP contribution is -2.41. The number of anilines is 2. The average molecular weight is 251 g/mol. The van der Waals surface area contributed by atoms with E-state index in [0.29, 0.717) is 0 Å². The van der Waals surface area contributed by atoms with E-state index in [2.05, 4.69) is 16.2 Å². The summed E-state index contributed by atoms with van der Waals surface area (Å²) in [5.74, 6) is 2.63. The molecule has 17 heavy (non-hydrogen) atoms. The highest BCUT2D eigenvalue weighted by molar-refractivity contribution is 7.10. The second-order valence-electron chi connectivity index (χ2n) is 5.54. The second kappa shape index (κ2) is 4.48. The number of nitrogens with zero attached hydrogens (tertiary/aromatic N) is 2. The van der Waals surface area contributed by atoms with Gasteiger partial charge in [-0.3, -0.25) is 0 Å². The van der Waals surface area contributed by atoms with Crippen molar-refractivity contribution in [3.63, 3.8) is 0 Å². The third-order valence-electron chi connectivity index (χ3n) is 4.51. The van der Waals surface area contributed by atoms with Gasteiger partial charge in [-0.1, -0.05) is 19.3 Å². The average Bonchev–Trinajstić information content (AvgIpc) is 2.70. The monoisotopic (exact) mass is 251 g/mol. The van der Waals surface area contributed by atoms with Crippen molar-refractivity contribution in [1.29, 1.82) is 0 Å². The van der Waals surface area contributed by atoms with Gasteiger partial charge in [0.05, 0.1) is 0 Å². The normalized spacial score (nSPS) is 29.1. The van der Waals surface area contributed by atoms with E-state index in [1.54, 1.807) is 11.5 Å². The Bertz CT molecular complexity index is 401. The molecule has 0 amide bonds. The van der Waals surface area contributed by atoms with E-state index < -0.39 is 0 Å². The zero-order valence-electron chi connectivity index (χ0n) is 10.5. The summed E-state index contributed by atoms with van der Waals surface area (Å²) in [5.41, 5.74) is 7.04. The first kappa shape index (κ1) is 11.3. The van der Waals surface area contributed by atoms with Gasteiger partial charge in [-0.2, -0.15) is 4.37 Å². The lowest BCUT2D eigenvalue weighted by molar-refractivity contribution is 0.203. The topological polar surface area (TPSA) is 42.1 Å². The maximum Gasteiger partial charge on any atom is 0.142 e. The van der Waals surface area contributed by atoms with Crippen LogP contribution in [0, 0.1) is 18.8 Å². The number of aromatic nitrogens is 1. The number of piperidine rings is 1. The molecular formula is C13H21N3S. The predicted octanol–water partition coefficient (Wildman–Crippen LogP) is 3.05. The maximum atomic E-state index is 5.85. The minimum Gasteiger partial charge on any atom is -0.383 e. The summed E-state index contributed by atoms with van der Waals surface area (Å²) in [7, 11) is 0. The fraction of sp³-hybridized carbons (Fsp3) is 0.769. The summed E-state index contributed by atoms with van der Waals surface area (Å²) in [6, 6.07) is 0. The van der Waals surface area contributed by atoms with Crippen LogP contribution in [0.3, 0.4) is 0 Å². The zero-order chi connectivity index (χ0) is 11.8. The van der Waals surface area contributed by atoms with E-state index in [1.807, 2.05) is 0 Å². The van der Waals surface area contributed by atoms with Gasteiger partial charge < -0.3 is 10.6 Å². The molecule has 4 heteroatoms. The minimum absolute atomic E-state index is 0.718. The Morgan fingerprint density at radius 2 is 2.00 bits per heavy atom. The highest BCUT2D eigenvalue weighted by Gasteiger charge is 2.32. The van der Waals surface area contributed by atoms with E-state index in [4.69, 9.17) is 5.73 Å². The molecule has 2 unspecified atom stereocenters. The summed E-state index contributed by atoms with van der Waals surface area (Å²) >= 11 is 1.57. The molecule has 2 atom stereocenters. The fourth-order valence-electron chi connectivity index (χ4n) is 3.42. The van der Waals surface area contributed by atoms with Gasteiger partial charge in [0.15, 0.2) is 0 Å². The van der Waals surface area contributed by atoms with Crippen molar-refractivity contribution in [3.8, 4) is 0 Å². The van der Waals surface area contributed by atoms with Crippen molar-refractivity contribution >= 4 is 22.4 Å². The zero-order valence-corrected chi connectivity index (χ0v) is 11.3. The van der Waals surface area contributed by atoms with Crippen LogP contribution in [0.25, 0.3) is 0 Å². The van der Waals surface area contributed by atoms with Crippen molar-refractivity contribution in [2.45, 2.75) is 39.0 Å². The molecule has 1 aliphatic heterocycles. The Labute approximate surface area is 107 Å². The van der Waals surface area contributed by atoms with Gasteiger partial charge in [0.1, 0.15) is 10.8 Å². The number of nitrogens with two attached hydrogens (primary N) is 1. The van der Waals surface area contributed by atoms with Gasteiger partial charge in [0, 0.05) is 18.7 Å². The number of rotatable bonds is 1. The van der Waals surface area contributed by atoms with Crippen LogP contribution in [0.2, 0.25) is 0 Å². The summed E-state index contributed by atoms with van der Waals surface area (Å²) in [4.78, 5) is 2.52. The van der Waals surface area contributed by atoms with E-state index >= 15 is 0 Å². The third kappa shape index (κ3) is 2.03. The van der Waals surface area contributed by atoms with Crippen LogP contribution in [0.1, 0.15) is 37.7 Å². The van der Waals surface area contributed by atoms with E-state index in [9.17, 15) is 0 Å². The smallest absolute Gasteiger partial charge is 0.142 e. The molecule has 2 fully saturated rings. The second-order valence-corrected chi connectivity index (χ2v) is 6.29. The summed E-state index contributed by atoms with van der Waals surface area (Å²) in [5, 5.41) is 1.31. The standard InChI is InChI=1S/C13H21N3S/c1-9-12(14)15-17-13(9)16-7-6-10-4-2-3-5-11(10)8-16/h10-11H,2-8H2,1H3,(H2,14,15). The molecule has 1 aliphatic carbocycles. The molecule has 94 valence electrons. The fourth-order valence-corrected chi connectivity index (χ4v) is 4.26. The van der Waals surface area contributed by atoms with Gasteiger partial charge in [0.2, 0.25) is 0 Å². The number of hydrogen-bond acceptors (Lipinski definition) is 4. The van der Waals surface area contributed by atoms with Crippen LogP contribution in [0.15, 0.2) is 0 Å². The number of hydrogen-bond donors (Lipinski definition) is 1. The van der Waals surface area contributed by atoms with Crippen LogP contribution in [0.5, 0.6) is 0 Å². The highest BCUT2D eigenvalue weighted by atomic mass is 32.1. The van der Waals surface area contributed by atoms with Gasteiger partial charge >= 0.3 is 0 Å². The first-order valence-electron chi connectivity index (χ1n) is 6.72. The molecule has 0 spiro atoms. The minimum atomic E-state index is 0.718. The molecule has 1 aromatic heterocycles. The Balaban J connectivity index is 1.75. The van der Waals surface area contributed by atoms with Crippen molar-refractivity contribution in [2.75, 3.05) is 23.7 Å². The van der Waals surface area contributed by atoms with E-state index in [-0.39, 0.29) is 0 Å². The summed E-state index contributed by atoms with van der Waals surface area (Å²) < 4.78 is 4.27. The Morgan fingerprint density at radius 1 is 1.24 bits per heavy atom. The Hall–Kier alpha value is -0.770. The Morgan fingerprint density at radius 3 is 2.71 bits per heavy atom. The third-order valence-corrected chi connectivity index (χ3v) is 5.54. The molecule has 2 aliphatic rings. The molecule has 0 radical (unpaired) electrons. The molecule has 1 aromatic rings. The van der Waals surface area contributed by atoms with Crippen molar-refractivity contribution in [3.05, 3.63) is 5.56 Å². The van der Waals surface area contributed by atoms with Crippen molar-refractivity contribution < 1.29 is 0 Å². The van der Waals surface area contributed by atoms with Crippen LogP contribution in [0.4, 0.5) is 10.8 Å². The van der Waals surface area contributed by atoms with Gasteiger partial charge in [-0.15, -0.1) is 0 Å². The van der Waals surface area contributed by atoms with Crippen LogP contribution in [-0.4, -0.2) is 17.5 Å². The molecule has 3 rings (SSSR count). The summed E-state index contributed by atoms with van der Waals surface area (Å²) in [6.45, 7) is 4.53. The first-order chi connectivity index (χ1) is 8.25. The Kier molecular flexibility index (Phi) is 2.99.